The molecule has 3 heteroatoms. The fourth-order valence-corrected chi connectivity index (χ4v) is 2.37. The Morgan fingerprint density at radius 3 is 2.94 bits per heavy atom. The lowest BCUT2D eigenvalue weighted by atomic mass is 10.0. The van der Waals surface area contributed by atoms with Crippen LogP contribution in [0.3, 0.4) is 0 Å². The summed E-state index contributed by atoms with van der Waals surface area (Å²) in [4.78, 5) is 2.23. The molecule has 1 aromatic carbocycles. The monoisotopic (exact) mass is 234 g/mol. The molecular weight excluding hydrogens is 220 g/mol. The largest absolute Gasteiger partial charge is 0.284 e. The third-order valence-electron chi connectivity index (χ3n) is 3.09. The van der Waals surface area contributed by atoms with E-state index in [-0.39, 0.29) is 6.04 Å². The Morgan fingerprint density at radius 1 is 1.38 bits per heavy atom. The van der Waals surface area contributed by atoms with Crippen LogP contribution in [0.5, 0.6) is 0 Å². The first kappa shape index (κ1) is 11.4. The van der Waals surface area contributed by atoms with Crippen molar-refractivity contribution < 1.29 is 0 Å². The van der Waals surface area contributed by atoms with Crippen LogP contribution in [0.15, 0.2) is 24.3 Å². The first-order chi connectivity index (χ1) is 7.81. The number of rotatable bonds is 2. The van der Waals surface area contributed by atoms with Gasteiger partial charge in [-0.2, -0.15) is 5.26 Å². The average molecular weight is 235 g/mol. The Balaban J connectivity index is 2.09. The van der Waals surface area contributed by atoms with Gasteiger partial charge in [-0.05, 0) is 37.4 Å². The highest BCUT2D eigenvalue weighted by Gasteiger charge is 2.22. The number of piperidine rings is 1. The van der Waals surface area contributed by atoms with E-state index in [1.165, 1.54) is 6.42 Å². The van der Waals surface area contributed by atoms with Crippen molar-refractivity contribution in [3.63, 3.8) is 0 Å². The summed E-state index contributed by atoms with van der Waals surface area (Å²) in [5.41, 5.74) is 1.12. The Labute approximate surface area is 101 Å². The maximum atomic E-state index is 9.08. The molecule has 1 fully saturated rings. The third-order valence-corrected chi connectivity index (χ3v) is 3.46. The van der Waals surface area contributed by atoms with Gasteiger partial charge in [0.15, 0.2) is 0 Å². The molecule has 2 rings (SSSR count). The van der Waals surface area contributed by atoms with Gasteiger partial charge in [-0.25, -0.2) is 0 Å². The van der Waals surface area contributed by atoms with Crippen molar-refractivity contribution in [1.29, 1.82) is 5.26 Å². The SMILES string of the molecule is N#CC1CCCCN1Cc1ccccc1Cl. The normalized spacial score (nSPS) is 21.6. The molecule has 0 spiro atoms. The molecule has 1 heterocycles. The van der Waals surface area contributed by atoms with Gasteiger partial charge in [-0.1, -0.05) is 29.8 Å². The Kier molecular flexibility index (Phi) is 3.82. The number of nitriles is 1. The van der Waals surface area contributed by atoms with Crippen LogP contribution in [-0.2, 0) is 6.54 Å². The van der Waals surface area contributed by atoms with Gasteiger partial charge >= 0.3 is 0 Å². The number of likely N-dealkylation sites (tertiary alicyclic amines) is 1. The fourth-order valence-electron chi connectivity index (χ4n) is 2.17. The standard InChI is InChI=1S/C13H15ClN2/c14-13-7-2-1-5-11(13)10-16-8-4-3-6-12(16)9-15/h1-2,5,7,12H,3-4,6,8,10H2. The molecule has 1 atom stereocenters. The van der Waals surface area contributed by atoms with Gasteiger partial charge < -0.3 is 0 Å². The lowest BCUT2D eigenvalue weighted by Gasteiger charge is -2.31. The summed E-state index contributed by atoms with van der Waals surface area (Å²) in [5.74, 6) is 0. The molecular formula is C13H15ClN2. The molecule has 0 saturated carbocycles. The number of nitrogens with zero attached hydrogens (tertiary/aromatic N) is 2. The van der Waals surface area contributed by atoms with Crippen molar-refractivity contribution in [3.8, 4) is 6.07 Å². The Hall–Kier alpha value is -1.04. The third kappa shape index (κ3) is 2.55. The predicted molar refractivity (Wildman–Crippen MR) is 65.1 cm³/mol. The van der Waals surface area contributed by atoms with Crippen LogP contribution >= 0.6 is 11.6 Å². The molecule has 0 amide bonds. The van der Waals surface area contributed by atoms with Gasteiger partial charge in [0.1, 0.15) is 0 Å². The summed E-state index contributed by atoms with van der Waals surface area (Å²) in [7, 11) is 0. The van der Waals surface area contributed by atoms with Gasteiger partial charge in [0.2, 0.25) is 0 Å². The molecule has 1 aromatic rings. The van der Waals surface area contributed by atoms with E-state index in [0.29, 0.717) is 0 Å². The second kappa shape index (κ2) is 5.34. The van der Waals surface area contributed by atoms with Crippen molar-refractivity contribution in [3.05, 3.63) is 34.9 Å². The number of halogens is 1. The van der Waals surface area contributed by atoms with Crippen LogP contribution in [-0.4, -0.2) is 17.5 Å². The van der Waals surface area contributed by atoms with E-state index in [2.05, 4.69) is 11.0 Å². The molecule has 1 saturated heterocycles. The quantitative estimate of drug-likeness (QED) is 0.786. The van der Waals surface area contributed by atoms with Gasteiger partial charge in [0, 0.05) is 11.6 Å². The van der Waals surface area contributed by atoms with Crippen LogP contribution in [0.25, 0.3) is 0 Å². The van der Waals surface area contributed by atoms with Gasteiger partial charge in [-0.3, -0.25) is 4.90 Å². The summed E-state index contributed by atoms with van der Waals surface area (Å²) in [6.07, 6.45) is 3.33. The molecule has 0 aromatic heterocycles. The van der Waals surface area contributed by atoms with Crippen molar-refractivity contribution in [2.75, 3.05) is 6.54 Å². The lowest BCUT2D eigenvalue weighted by Crippen LogP contribution is -2.37. The smallest absolute Gasteiger partial charge is 0.0980 e. The summed E-state index contributed by atoms with van der Waals surface area (Å²) in [6.45, 7) is 1.79. The second-order valence-electron chi connectivity index (χ2n) is 4.20. The van der Waals surface area contributed by atoms with E-state index in [0.717, 1.165) is 36.5 Å². The molecule has 0 radical (unpaired) electrons. The van der Waals surface area contributed by atoms with E-state index in [1.807, 2.05) is 24.3 Å². The van der Waals surface area contributed by atoms with E-state index in [1.54, 1.807) is 0 Å². The summed E-state index contributed by atoms with van der Waals surface area (Å²) in [6, 6.07) is 10.3. The van der Waals surface area contributed by atoms with Gasteiger partial charge in [0.25, 0.3) is 0 Å². The minimum atomic E-state index is 0.0602. The minimum absolute atomic E-state index is 0.0602. The first-order valence-corrected chi connectivity index (χ1v) is 6.06. The molecule has 84 valence electrons. The minimum Gasteiger partial charge on any atom is -0.284 e. The zero-order valence-electron chi connectivity index (χ0n) is 9.19. The van der Waals surface area contributed by atoms with Crippen molar-refractivity contribution in [1.82, 2.24) is 4.90 Å². The van der Waals surface area contributed by atoms with E-state index >= 15 is 0 Å². The average Bonchev–Trinajstić information content (AvgIpc) is 2.33. The summed E-state index contributed by atoms with van der Waals surface area (Å²) < 4.78 is 0. The predicted octanol–water partition coefficient (Wildman–Crippen LogP) is 3.22. The van der Waals surface area contributed by atoms with Crippen LogP contribution < -0.4 is 0 Å². The Morgan fingerprint density at radius 2 is 2.19 bits per heavy atom. The second-order valence-corrected chi connectivity index (χ2v) is 4.61. The zero-order valence-corrected chi connectivity index (χ0v) is 9.95. The van der Waals surface area contributed by atoms with Crippen molar-refractivity contribution in [2.24, 2.45) is 0 Å². The maximum Gasteiger partial charge on any atom is 0.0980 e. The molecule has 1 aliphatic heterocycles. The number of benzene rings is 1. The lowest BCUT2D eigenvalue weighted by molar-refractivity contribution is 0.176. The highest BCUT2D eigenvalue weighted by molar-refractivity contribution is 6.31. The molecule has 0 bridgehead atoms. The maximum absolute atomic E-state index is 9.08. The number of hydrogen-bond acceptors (Lipinski definition) is 2. The summed E-state index contributed by atoms with van der Waals surface area (Å²) >= 11 is 6.12. The molecule has 1 unspecified atom stereocenters. The molecule has 0 N–H and O–H groups in total. The van der Waals surface area contributed by atoms with Crippen molar-refractivity contribution >= 4 is 11.6 Å². The van der Waals surface area contributed by atoms with Crippen LogP contribution in [0.2, 0.25) is 5.02 Å². The topological polar surface area (TPSA) is 27.0 Å². The highest BCUT2D eigenvalue weighted by atomic mass is 35.5. The van der Waals surface area contributed by atoms with E-state index in [9.17, 15) is 0 Å². The highest BCUT2D eigenvalue weighted by Crippen LogP contribution is 2.22. The molecule has 16 heavy (non-hydrogen) atoms. The van der Waals surface area contributed by atoms with Crippen LogP contribution in [0, 0.1) is 11.3 Å². The molecule has 0 aliphatic carbocycles. The van der Waals surface area contributed by atoms with Gasteiger partial charge in [0.05, 0.1) is 12.1 Å². The van der Waals surface area contributed by atoms with Crippen LogP contribution in [0.1, 0.15) is 24.8 Å². The number of hydrogen-bond donors (Lipinski definition) is 0. The van der Waals surface area contributed by atoms with Crippen LogP contribution in [0.4, 0.5) is 0 Å². The first-order valence-electron chi connectivity index (χ1n) is 5.68. The zero-order chi connectivity index (χ0) is 11.4. The van der Waals surface area contributed by atoms with E-state index < -0.39 is 0 Å². The summed E-state index contributed by atoms with van der Waals surface area (Å²) in [5, 5.41) is 9.88. The van der Waals surface area contributed by atoms with Gasteiger partial charge in [-0.15, -0.1) is 0 Å². The Bertz CT molecular complexity index is 397. The fraction of sp³-hybridized carbons (Fsp3) is 0.462. The molecule has 1 aliphatic rings. The molecule has 2 nitrogen and oxygen atoms in total. The van der Waals surface area contributed by atoms with E-state index in [4.69, 9.17) is 16.9 Å². The van der Waals surface area contributed by atoms with Crippen molar-refractivity contribution in [2.45, 2.75) is 31.8 Å².